The van der Waals surface area contributed by atoms with Crippen molar-refractivity contribution in [1.82, 2.24) is 15.8 Å². The van der Waals surface area contributed by atoms with Crippen LogP contribution in [0.4, 0.5) is 0 Å². The quantitative estimate of drug-likeness (QED) is 0.345. The predicted molar refractivity (Wildman–Crippen MR) is 119 cm³/mol. The van der Waals surface area contributed by atoms with Gasteiger partial charge in [0.25, 0.3) is 0 Å². The number of guanidine groups is 1. The van der Waals surface area contributed by atoms with Gasteiger partial charge in [-0.15, -0.1) is 24.0 Å². The Morgan fingerprint density at radius 2 is 2.12 bits per heavy atom. The molecule has 0 bridgehead atoms. The van der Waals surface area contributed by atoms with Crippen molar-refractivity contribution in [3.8, 4) is 0 Å². The standard InChI is InChI=1S/C18H32N4O2S.HI/c1-5-19-18(20-11-10-17-13(3)22-24-14(17)4)21-15-8-7-9-16(12-15)25(23)6-2;/h15-16H,5-12H2,1-4H3,(H2,19,20,21);1H. The van der Waals surface area contributed by atoms with Crippen molar-refractivity contribution in [1.29, 1.82) is 0 Å². The summed E-state index contributed by atoms with van der Waals surface area (Å²) in [4.78, 5) is 4.70. The Bertz CT molecular complexity index is 587. The number of aryl methyl sites for hydroxylation is 2. The van der Waals surface area contributed by atoms with E-state index in [0.29, 0.717) is 17.8 Å². The molecule has 3 unspecified atom stereocenters. The second-order valence-electron chi connectivity index (χ2n) is 6.61. The van der Waals surface area contributed by atoms with Gasteiger partial charge in [0.05, 0.1) is 5.69 Å². The van der Waals surface area contributed by atoms with Crippen LogP contribution in [-0.4, -0.2) is 45.5 Å². The van der Waals surface area contributed by atoms with Crippen molar-refractivity contribution in [3.05, 3.63) is 17.0 Å². The summed E-state index contributed by atoms with van der Waals surface area (Å²) in [5.74, 6) is 2.48. The van der Waals surface area contributed by atoms with Crippen LogP contribution < -0.4 is 10.6 Å². The Morgan fingerprint density at radius 3 is 2.73 bits per heavy atom. The minimum atomic E-state index is -0.701. The second-order valence-corrected chi connectivity index (χ2v) is 8.62. The average Bonchev–Trinajstić information content (AvgIpc) is 2.93. The lowest BCUT2D eigenvalue weighted by Crippen LogP contribution is -2.46. The van der Waals surface area contributed by atoms with E-state index >= 15 is 0 Å². The summed E-state index contributed by atoms with van der Waals surface area (Å²) >= 11 is 0. The monoisotopic (exact) mass is 496 g/mol. The van der Waals surface area contributed by atoms with Gasteiger partial charge in [-0.3, -0.25) is 9.20 Å². The first kappa shape index (κ1) is 23.4. The summed E-state index contributed by atoms with van der Waals surface area (Å²) in [6.45, 7) is 9.51. The third-order valence-electron chi connectivity index (χ3n) is 4.78. The fourth-order valence-corrected chi connectivity index (χ4v) is 4.75. The van der Waals surface area contributed by atoms with E-state index in [4.69, 9.17) is 9.52 Å². The summed E-state index contributed by atoms with van der Waals surface area (Å²) < 4.78 is 17.3. The molecule has 0 aromatic carbocycles. The topological polar surface area (TPSA) is 79.5 Å². The van der Waals surface area contributed by atoms with Gasteiger partial charge in [-0.05, 0) is 46.5 Å². The molecule has 0 aliphatic heterocycles. The van der Waals surface area contributed by atoms with Crippen molar-refractivity contribution in [2.75, 3.05) is 18.8 Å². The van der Waals surface area contributed by atoms with Gasteiger partial charge in [-0.1, -0.05) is 18.5 Å². The molecule has 8 heteroatoms. The highest BCUT2D eigenvalue weighted by Crippen LogP contribution is 2.23. The first-order valence-corrected chi connectivity index (χ1v) is 10.8. The van der Waals surface area contributed by atoms with Gasteiger partial charge < -0.3 is 15.2 Å². The Hall–Kier alpha value is -0.640. The molecule has 1 fully saturated rings. The number of hydrogen-bond donors (Lipinski definition) is 2. The van der Waals surface area contributed by atoms with Gasteiger partial charge >= 0.3 is 0 Å². The van der Waals surface area contributed by atoms with Gasteiger partial charge in [0.1, 0.15) is 5.76 Å². The van der Waals surface area contributed by atoms with Crippen molar-refractivity contribution in [2.24, 2.45) is 4.99 Å². The van der Waals surface area contributed by atoms with Gasteiger partial charge in [0.2, 0.25) is 0 Å². The Balaban J connectivity index is 0.00000338. The highest BCUT2D eigenvalue weighted by Gasteiger charge is 2.26. The van der Waals surface area contributed by atoms with Crippen molar-refractivity contribution in [3.63, 3.8) is 0 Å². The van der Waals surface area contributed by atoms with Crippen molar-refractivity contribution < 1.29 is 8.73 Å². The number of rotatable bonds is 7. The van der Waals surface area contributed by atoms with E-state index in [1.807, 2.05) is 20.8 Å². The third-order valence-corrected chi connectivity index (χ3v) is 6.52. The number of aliphatic imine (C=N–C) groups is 1. The zero-order valence-electron chi connectivity index (χ0n) is 16.3. The maximum atomic E-state index is 12.1. The van der Waals surface area contributed by atoms with E-state index in [2.05, 4.69) is 22.7 Å². The average molecular weight is 496 g/mol. The van der Waals surface area contributed by atoms with Gasteiger partial charge in [-0.25, -0.2) is 0 Å². The molecular weight excluding hydrogens is 463 g/mol. The van der Waals surface area contributed by atoms with Crippen LogP contribution in [0.25, 0.3) is 0 Å². The Kier molecular flexibility index (Phi) is 10.7. The van der Waals surface area contributed by atoms with Gasteiger partial charge in [0.15, 0.2) is 5.96 Å². The third kappa shape index (κ3) is 6.83. The minimum absolute atomic E-state index is 0. The van der Waals surface area contributed by atoms with E-state index in [1.165, 1.54) is 0 Å². The zero-order valence-corrected chi connectivity index (χ0v) is 19.5. The normalized spacial score (nSPS) is 21.8. The first-order valence-electron chi connectivity index (χ1n) is 9.38. The molecule has 1 heterocycles. The Morgan fingerprint density at radius 1 is 1.35 bits per heavy atom. The second kappa shape index (κ2) is 11.9. The SMILES string of the molecule is CCNC(=NCCc1c(C)noc1C)NC1CCCC(S(=O)CC)C1.I. The molecular formula is C18H33IN4O2S. The lowest BCUT2D eigenvalue weighted by atomic mass is 9.95. The molecule has 1 aliphatic rings. The lowest BCUT2D eigenvalue weighted by molar-refractivity contribution is 0.392. The van der Waals surface area contributed by atoms with E-state index in [1.54, 1.807) is 0 Å². The zero-order chi connectivity index (χ0) is 18.2. The van der Waals surface area contributed by atoms with Crippen LogP contribution in [0.15, 0.2) is 9.52 Å². The van der Waals surface area contributed by atoms with Crippen LogP contribution in [0, 0.1) is 13.8 Å². The summed E-state index contributed by atoms with van der Waals surface area (Å²) in [5, 5.41) is 11.2. The van der Waals surface area contributed by atoms with Crippen LogP contribution in [-0.2, 0) is 17.2 Å². The molecule has 1 saturated carbocycles. The molecule has 150 valence electrons. The van der Waals surface area contributed by atoms with Gasteiger partial charge in [0, 0.05) is 46.5 Å². The number of nitrogens with zero attached hydrogens (tertiary/aromatic N) is 2. The molecule has 1 aromatic rings. The van der Waals surface area contributed by atoms with E-state index in [-0.39, 0.29) is 24.0 Å². The summed E-state index contributed by atoms with van der Waals surface area (Å²) in [5.41, 5.74) is 2.10. The van der Waals surface area contributed by atoms with Crippen LogP contribution >= 0.6 is 24.0 Å². The molecule has 0 amide bonds. The molecule has 0 spiro atoms. The minimum Gasteiger partial charge on any atom is -0.361 e. The smallest absolute Gasteiger partial charge is 0.191 e. The van der Waals surface area contributed by atoms with Crippen LogP contribution in [0.5, 0.6) is 0 Å². The van der Waals surface area contributed by atoms with Crippen LogP contribution in [0.2, 0.25) is 0 Å². The van der Waals surface area contributed by atoms with E-state index < -0.39 is 10.8 Å². The van der Waals surface area contributed by atoms with Crippen LogP contribution in [0.1, 0.15) is 56.5 Å². The maximum Gasteiger partial charge on any atom is 0.191 e. The molecule has 1 aliphatic carbocycles. The van der Waals surface area contributed by atoms with Crippen LogP contribution in [0.3, 0.4) is 0 Å². The summed E-state index contributed by atoms with van der Waals surface area (Å²) in [7, 11) is -0.701. The van der Waals surface area contributed by atoms with Crippen molar-refractivity contribution in [2.45, 2.75) is 71.1 Å². The fraction of sp³-hybridized carbons (Fsp3) is 0.778. The predicted octanol–water partition coefficient (Wildman–Crippen LogP) is 3.09. The summed E-state index contributed by atoms with van der Waals surface area (Å²) in [6.07, 6.45) is 5.12. The fourth-order valence-electron chi connectivity index (χ4n) is 3.40. The summed E-state index contributed by atoms with van der Waals surface area (Å²) in [6, 6.07) is 0.353. The number of aromatic nitrogens is 1. The number of halogens is 1. The lowest BCUT2D eigenvalue weighted by Gasteiger charge is -2.30. The van der Waals surface area contributed by atoms with E-state index in [9.17, 15) is 4.21 Å². The first-order chi connectivity index (χ1) is 12.0. The van der Waals surface area contributed by atoms with Gasteiger partial charge in [-0.2, -0.15) is 0 Å². The Labute approximate surface area is 176 Å². The van der Waals surface area contributed by atoms with Crippen molar-refractivity contribution >= 4 is 40.7 Å². The highest BCUT2D eigenvalue weighted by molar-refractivity contribution is 14.0. The molecule has 1 aromatic heterocycles. The van der Waals surface area contributed by atoms with E-state index in [0.717, 1.165) is 67.4 Å². The highest BCUT2D eigenvalue weighted by atomic mass is 127. The molecule has 26 heavy (non-hydrogen) atoms. The largest absolute Gasteiger partial charge is 0.361 e. The number of hydrogen-bond acceptors (Lipinski definition) is 4. The molecule has 3 atom stereocenters. The number of nitrogens with one attached hydrogen (secondary N) is 2. The molecule has 2 N–H and O–H groups in total. The molecule has 6 nitrogen and oxygen atoms in total. The molecule has 2 rings (SSSR count). The molecule has 0 radical (unpaired) electrons. The maximum absolute atomic E-state index is 12.1. The molecule has 0 saturated heterocycles.